The molecule has 1 amide bonds. The van der Waals surface area contributed by atoms with Crippen LogP contribution in [0.15, 0.2) is 58.9 Å². The number of hydrogen-bond acceptors (Lipinski definition) is 7. The van der Waals surface area contributed by atoms with Gasteiger partial charge in [0.05, 0.1) is 10.6 Å². The average Bonchev–Trinajstić information content (AvgIpc) is 3.25. The normalized spacial score (nSPS) is 13.5. The highest BCUT2D eigenvalue weighted by molar-refractivity contribution is 7.92. The van der Waals surface area contributed by atoms with Gasteiger partial charge < -0.3 is 9.84 Å². The zero-order valence-corrected chi connectivity index (χ0v) is 16.9. The molecular weight excluding hydrogens is 430 g/mol. The molecule has 2 aromatic carbocycles. The first-order valence-corrected chi connectivity index (χ1v) is 11.0. The highest BCUT2D eigenvalue weighted by Crippen LogP contribution is 2.34. The van der Waals surface area contributed by atoms with Crippen molar-refractivity contribution >= 4 is 44.6 Å². The maximum Gasteiger partial charge on any atom is 0.323 e. The molecule has 1 aliphatic rings. The van der Waals surface area contributed by atoms with Crippen LogP contribution in [0.5, 0.6) is 5.75 Å². The third kappa shape index (κ3) is 3.98. The smallest absolute Gasteiger partial charge is 0.323 e. The largest absolute Gasteiger partial charge is 0.482 e. The van der Waals surface area contributed by atoms with Crippen LogP contribution in [-0.2, 0) is 19.6 Å². The predicted octanol–water partition coefficient (Wildman–Crippen LogP) is 2.42. The predicted molar refractivity (Wildman–Crippen MR) is 110 cm³/mol. The molecule has 154 valence electrons. The summed E-state index contributed by atoms with van der Waals surface area (Å²) >= 11 is 1.47. The van der Waals surface area contributed by atoms with Crippen molar-refractivity contribution < 1.29 is 27.9 Å². The number of aromatic nitrogens is 1. The summed E-state index contributed by atoms with van der Waals surface area (Å²) < 4.78 is 33.4. The fraction of sp³-hybridized carbons (Fsp3) is 0.105. The highest BCUT2D eigenvalue weighted by atomic mass is 32.2. The number of hydrogen-bond donors (Lipinski definition) is 2. The van der Waals surface area contributed by atoms with Crippen molar-refractivity contribution in [1.29, 1.82) is 0 Å². The second-order valence-corrected chi connectivity index (χ2v) is 8.89. The van der Waals surface area contributed by atoms with Gasteiger partial charge in [-0.05, 0) is 42.5 Å². The summed E-state index contributed by atoms with van der Waals surface area (Å²) in [6.45, 7) is -0.902. The van der Waals surface area contributed by atoms with Gasteiger partial charge in [-0.25, -0.2) is 13.4 Å². The second kappa shape index (κ2) is 7.76. The number of benzene rings is 2. The van der Waals surface area contributed by atoms with E-state index in [4.69, 9.17) is 9.84 Å². The summed E-state index contributed by atoms with van der Waals surface area (Å²) in [6.07, 6.45) is 1.69. The second-order valence-electron chi connectivity index (χ2n) is 6.31. The molecule has 0 atom stereocenters. The summed E-state index contributed by atoms with van der Waals surface area (Å²) in [4.78, 5) is 28.2. The van der Waals surface area contributed by atoms with Crippen molar-refractivity contribution in [3.8, 4) is 16.3 Å². The molecule has 0 aliphatic carbocycles. The number of carboxylic acid groups (broad SMARTS) is 1. The van der Waals surface area contributed by atoms with E-state index in [2.05, 4.69) is 9.71 Å². The number of nitrogens with zero attached hydrogens (tertiary/aromatic N) is 2. The fourth-order valence-corrected chi connectivity index (χ4v) is 4.64. The van der Waals surface area contributed by atoms with Crippen LogP contribution in [0.25, 0.3) is 10.6 Å². The molecule has 0 saturated carbocycles. The number of carbonyl (C=O) groups is 2. The standard InChI is InChI=1S/C19H15N3O6S2/c23-17-11-28-16-6-5-14(9-15(16)22(17)10-18(24)25)30(26,27)21-13-3-1-12(2-4-13)19-20-7-8-29-19/h1-9,21H,10-11H2,(H,24,25). The summed E-state index contributed by atoms with van der Waals surface area (Å²) in [5.41, 5.74) is 1.31. The SMILES string of the molecule is O=C(O)CN1C(=O)COc2ccc(S(=O)(=O)Nc3ccc(-c4nccs4)cc3)cc21. The van der Waals surface area contributed by atoms with Gasteiger partial charge in [-0.15, -0.1) is 11.3 Å². The number of anilines is 2. The summed E-state index contributed by atoms with van der Waals surface area (Å²) in [5.74, 6) is -1.55. The van der Waals surface area contributed by atoms with Gasteiger partial charge in [0.2, 0.25) is 0 Å². The number of sulfonamides is 1. The maximum absolute atomic E-state index is 12.8. The topological polar surface area (TPSA) is 126 Å². The first-order chi connectivity index (χ1) is 14.3. The Bertz CT molecular complexity index is 1210. The minimum absolute atomic E-state index is 0.0932. The van der Waals surface area contributed by atoms with Crippen LogP contribution >= 0.6 is 11.3 Å². The Kier molecular flexibility index (Phi) is 5.14. The van der Waals surface area contributed by atoms with Gasteiger partial charge in [-0.3, -0.25) is 19.2 Å². The van der Waals surface area contributed by atoms with Gasteiger partial charge in [0.25, 0.3) is 15.9 Å². The minimum atomic E-state index is -3.99. The summed E-state index contributed by atoms with van der Waals surface area (Å²) in [5, 5.41) is 11.7. The Morgan fingerprint density at radius 1 is 1.23 bits per heavy atom. The number of ether oxygens (including phenoxy) is 1. The molecule has 9 nitrogen and oxygen atoms in total. The minimum Gasteiger partial charge on any atom is -0.482 e. The monoisotopic (exact) mass is 445 g/mol. The Labute approximate surface area is 175 Å². The van der Waals surface area contributed by atoms with Crippen LogP contribution in [0.4, 0.5) is 11.4 Å². The summed E-state index contributed by atoms with van der Waals surface area (Å²) in [6, 6.07) is 10.7. The van der Waals surface area contributed by atoms with Crippen molar-refractivity contribution in [1.82, 2.24) is 4.98 Å². The van der Waals surface area contributed by atoms with Gasteiger partial charge in [0, 0.05) is 22.8 Å². The molecule has 0 fully saturated rings. The Morgan fingerprint density at radius 2 is 2.00 bits per heavy atom. The van der Waals surface area contributed by atoms with Crippen LogP contribution < -0.4 is 14.4 Å². The highest BCUT2D eigenvalue weighted by Gasteiger charge is 2.29. The number of amides is 1. The van der Waals surface area contributed by atoms with Crippen LogP contribution in [0.3, 0.4) is 0 Å². The Morgan fingerprint density at radius 3 is 2.67 bits per heavy atom. The quantitative estimate of drug-likeness (QED) is 0.597. The van der Waals surface area contributed by atoms with Gasteiger partial charge in [0.1, 0.15) is 17.3 Å². The van der Waals surface area contributed by atoms with E-state index < -0.39 is 28.4 Å². The van der Waals surface area contributed by atoms with Crippen molar-refractivity contribution in [2.75, 3.05) is 22.8 Å². The van der Waals surface area contributed by atoms with Crippen molar-refractivity contribution in [2.24, 2.45) is 0 Å². The number of aliphatic carboxylic acids is 1. The van der Waals surface area contributed by atoms with Gasteiger partial charge in [0.15, 0.2) is 6.61 Å². The fourth-order valence-electron chi connectivity index (χ4n) is 2.92. The average molecular weight is 445 g/mol. The third-order valence-corrected chi connectivity index (χ3v) is 6.49. The van der Waals surface area contributed by atoms with Crippen molar-refractivity contribution in [3.63, 3.8) is 0 Å². The van der Waals surface area contributed by atoms with Crippen LogP contribution in [0, 0.1) is 0 Å². The molecule has 30 heavy (non-hydrogen) atoms. The lowest BCUT2D eigenvalue weighted by Crippen LogP contribution is -2.42. The number of carboxylic acids is 1. The molecule has 3 aromatic rings. The van der Waals surface area contributed by atoms with E-state index in [1.165, 1.54) is 29.5 Å². The van der Waals surface area contributed by atoms with E-state index in [9.17, 15) is 18.0 Å². The molecule has 1 aliphatic heterocycles. The molecule has 0 spiro atoms. The third-order valence-electron chi connectivity index (χ3n) is 4.29. The van der Waals surface area contributed by atoms with E-state index >= 15 is 0 Å². The lowest BCUT2D eigenvalue weighted by atomic mass is 10.2. The molecule has 11 heteroatoms. The number of carbonyl (C=O) groups excluding carboxylic acids is 1. The molecule has 1 aromatic heterocycles. The van der Waals surface area contributed by atoms with Gasteiger partial charge in [-0.1, -0.05) is 0 Å². The van der Waals surface area contributed by atoms with E-state index in [0.29, 0.717) is 5.69 Å². The van der Waals surface area contributed by atoms with Crippen molar-refractivity contribution in [3.05, 3.63) is 54.0 Å². The van der Waals surface area contributed by atoms with Crippen LogP contribution in [0.2, 0.25) is 0 Å². The van der Waals surface area contributed by atoms with Gasteiger partial charge >= 0.3 is 5.97 Å². The van der Waals surface area contributed by atoms with E-state index in [1.54, 1.807) is 30.5 Å². The van der Waals surface area contributed by atoms with E-state index in [0.717, 1.165) is 15.5 Å². The molecule has 0 saturated heterocycles. The van der Waals surface area contributed by atoms with Crippen LogP contribution in [0.1, 0.15) is 0 Å². The Balaban J connectivity index is 1.61. The zero-order valence-electron chi connectivity index (χ0n) is 15.3. The van der Waals surface area contributed by atoms with Crippen molar-refractivity contribution in [2.45, 2.75) is 4.90 Å². The first-order valence-electron chi connectivity index (χ1n) is 8.65. The number of nitrogens with one attached hydrogen (secondary N) is 1. The molecule has 0 bridgehead atoms. The lowest BCUT2D eigenvalue weighted by molar-refractivity contribution is -0.137. The lowest BCUT2D eigenvalue weighted by Gasteiger charge is -2.28. The molecule has 4 rings (SSSR count). The molecular formula is C19H15N3O6S2. The van der Waals surface area contributed by atoms with Gasteiger partial charge in [-0.2, -0.15) is 0 Å². The molecule has 2 N–H and O–H groups in total. The molecule has 0 unspecified atom stereocenters. The zero-order chi connectivity index (χ0) is 21.3. The Hall–Kier alpha value is -3.44. The summed E-state index contributed by atoms with van der Waals surface area (Å²) in [7, 11) is -3.99. The first kappa shape index (κ1) is 19.9. The van der Waals surface area contributed by atoms with Crippen LogP contribution in [-0.4, -0.2) is 43.5 Å². The number of thiazole rings is 1. The number of rotatable bonds is 6. The molecule has 2 heterocycles. The maximum atomic E-state index is 12.8. The number of fused-ring (bicyclic) bond motifs is 1. The molecule has 0 radical (unpaired) electrons. The van der Waals surface area contributed by atoms with E-state index in [-0.39, 0.29) is 22.9 Å². The van der Waals surface area contributed by atoms with E-state index in [1.807, 2.05) is 5.38 Å².